The Morgan fingerprint density at radius 3 is 2.68 bits per heavy atom. The van der Waals surface area contributed by atoms with E-state index in [0.717, 1.165) is 5.56 Å². The number of carbonyl (C=O) groups excluding carboxylic acids is 1. The first-order chi connectivity index (χ1) is 8.97. The van der Waals surface area contributed by atoms with Crippen molar-refractivity contribution in [1.82, 2.24) is 0 Å². The average molecular weight is 323 g/mol. The molecular weight excluding hydrogens is 311 g/mol. The summed E-state index contributed by atoms with van der Waals surface area (Å²) in [6.45, 7) is 1.80. The normalized spacial score (nSPS) is 10.3. The number of nitrogen functional groups attached to an aromatic ring is 1. The minimum Gasteiger partial charge on any atom is -0.399 e. The van der Waals surface area contributed by atoms with Gasteiger partial charge in [-0.15, -0.1) is 0 Å². The highest BCUT2D eigenvalue weighted by atomic mass is 79.9. The third-order valence-electron chi connectivity index (χ3n) is 2.69. The van der Waals surface area contributed by atoms with Crippen LogP contribution >= 0.6 is 15.9 Å². The molecule has 2 aromatic carbocycles. The van der Waals surface area contributed by atoms with Gasteiger partial charge in [0, 0.05) is 15.7 Å². The Balaban J connectivity index is 2.28. The fourth-order valence-electron chi connectivity index (χ4n) is 1.66. The van der Waals surface area contributed by atoms with Crippen molar-refractivity contribution in [3.63, 3.8) is 0 Å². The Labute approximate surface area is 118 Å². The molecule has 0 heterocycles. The van der Waals surface area contributed by atoms with Gasteiger partial charge in [0.2, 0.25) is 0 Å². The molecule has 0 aliphatic heterocycles. The van der Waals surface area contributed by atoms with Crippen LogP contribution in [0, 0.1) is 12.7 Å². The van der Waals surface area contributed by atoms with Crippen LogP contribution in [0.1, 0.15) is 15.9 Å². The minimum atomic E-state index is -0.496. The van der Waals surface area contributed by atoms with Gasteiger partial charge in [-0.3, -0.25) is 4.79 Å². The molecule has 3 N–H and O–H groups in total. The van der Waals surface area contributed by atoms with E-state index >= 15 is 0 Å². The average Bonchev–Trinajstić information content (AvgIpc) is 2.35. The Morgan fingerprint density at radius 2 is 2.00 bits per heavy atom. The zero-order valence-corrected chi connectivity index (χ0v) is 11.8. The number of benzene rings is 2. The largest absolute Gasteiger partial charge is 0.399 e. The summed E-state index contributed by atoms with van der Waals surface area (Å²) in [7, 11) is 0. The van der Waals surface area contributed by atoms with Crippen molar-refractivity contribution in [2.45, 2.75) is 6.92 Å². The summed E-state index contributed by atoms with van der Waals surface area (Å²) in [4.78, 5) is 12.1. The lowest BCUT2D eigenvalue weighted by Gasteiger charge is -2.09. The van der Waals surface area contributed by atoms with Crippen LogP contribution in [0.4, 0.5) is 15.8 Å². The molecule has 2 rings (SSSR count). The predicted molar refractivity (Wildman–Crippen MR) is 77.6 cm³/mol. The SMILES string of the molecule is Cc1ccc(N)cc1C(=O)Nc1ccc(Br)cc1F. The number of hydrogen-bond donors (Lipinski definition) is 2. The third kappa shape index (κ3) is 3.12. The number of rotatable bonds is 2. The van der Waals surface area contributed by atoms with E-state index in [1.54, 1.807) is 31.2 Å². The van der Waals surface area contributed by atoms with Gasteiger partial charge in [-0.05, 0) is 42.8 Å². The van der Waals surface area contributed by atoms with Gasteiger partial charge >= 0.3 is 0 Å². The summed E-state index contributed by atoms with van der Waals surface area (Å²) in [6.07, 6.45) is 0. The first-order valence-electron chi connectivity index (χ1n) is 5.60. The number of halogens is 2. The highest BCUT2D eigenvalue weighted by molar-refractivity contribution is 9.10. The summed E-state index contributed by atoms with van der Waals surface area (Å²) in [5, 5.41) is 2.53. The lowest BCUT2D eigenvalue weighted by Crippen LogP contribution is -2.14. The molecule has 2 aromatic rings. The number of nitrogens with two attached hydrogens (primary N) is 1. The molecule has 0 aromatic heterocycles. The van der Waals surface area contributed by atoms with Crippen molar-refractivity contribution in [2.75, 3.05) is 11.1 Å². The Morgan fingerprint density at radius 1 is 1.26 bits per heavy atom. The molecule has 19 heavy (non-hydrogen) atoms. The molecule has 1 amide bonds. The van der Waals surface area contributed by atoms with Gasteiger partial charge in [0.05, 0.1) is 5.69 Å². The summed E-state index contributed by atoms with van der Waals surface area (Å²) in [5.41, 5.74) is 7.49. The summed E-state index contributed by atoms with van der Waals surface area (Å²) >= 11 is 3.16. The van der Waals surface area contributed by atoms with Crippen molar-refractivity contribution in [3.8, 4) is 0 Å². The topological polar surface area (TPSA) is 55.1 Å². The molecule has 0 saturated carbocycles. The molecule has 0 atom stereocenters. The van der Waals surface area contributed by atoms with Gasteiger partial charge < -0.3 is 11.1 Å². The smallest absolute Gasteiger partial charge is 0.256 e. The van der Waals surface area contributed by atoms with E-state index in [1.807, 2.05) is 0 Å². The molecule has 98 valence electrons. The number of nitrogens with one attached hydrogen (secondary N) is 1. The molecule has 0 bridgehead atoms. The molecule has 0 spiro atoms. The lowest BCUT2D eigenvalue weighted by molar-refractivity contribution is 0.102. The Kier molecular flexibility index (Phi) is 3.85. The van der Waals surface area contributed by atoms with Crippen LogP contribution < -0.4 is 11.1 Å². The number of amides is 1. The number of aryl methyl sites for hydroxylation is 1. The highest BCUT2D eigenvalue weighted by Crippen LogP contribution is 2.21. The quantitative estimate of drug-likeness (QED) is 0.828. The van der Waals surface area contributed by atoms with Crippen molar-refractivity contribution < 1.29 is 9.18 Å². The van der Waals surface area contributed by atoms with Crippen molar-refractivity contribution in [1.29, 1.82) is 0 Å². The monoisotopic (exact) mass is 322 g/mol. The van der Waals surface area contributed by atoms with E-state index < -0.39 is 5.82 Å². The lowest BCUT2D eigenvalue weighted by atomic mass is 10.1. The van der Waals surface area contributed by atoms with Gasteiger partial charge in [0.1, 0.15) is 5.82 Å². The summed E-state index contributed by atoms with van der Waals surface area (Å²) < 4.78 is 14.3. The number of anilines is 2. The van der Waals surface area contributed by atoms with Gasteiger partial charge in [-0.2, -0.15) is 0 Å². The van der Waals surface area contributed by atoms with Crippen LogP contribution in [0.5, 0.6) is 0 Å². The molecule has 0 fully saturated rings. The Bertz CT molecular complexity index is 643. The molecule has 0 radical (unpaired) electrons. The fourth-order valence-corrected chi connectivity index (χ4v) is 2.00. The summed E-state index contributed by atoms with van der Waals surface area (Å²) in [6, 6.07) is 9.49. The second kappa shape index (κ2) is 5.40. The molecule has 3 nitrogen and oxygen atoms in total. The number of hydrogen-bond acceptors (Lipinski definition) is 2. The molecular formula is C14H12BrFN2O. The first kappa shape index (κ1) is 13.5. The minimum absolute atomic E-state index is 0.134. The molecule has 0 unspecified atom stereocenters. The van der Waals surface area contributed by atoms with Crippen LogP contribution in [-0.2, 0) is 0 Å². The fraction of sp³-hybridized carbons (Fsp3) is 0.0714. The van der Waals surface area contributed by atoms with E-state index in [-0.39, 0.29) is 11.6 Å². The Hall–Kier alpha value is -1.88. The van der Waals surface area contributed by atoms with Crippen LogP contribution in [-0.4, -0.2) is 5.91 Å². The van der Waals surface area contributed by atoms with E-state index in [9.17, 15) is 9.18 Å². The first-order valence-corrected chi connectivity index (χ1v) is 6.39. The number of carbonyl (C=O) groups is 1. The molecule has 0 saturated heterocycles. The zero-order valence-electron chi connectivity index (χ0n) is 10.2. The van der Waals surface area contributed by atoms with Crippen molar-refractivity contribution in [3.05, 3.63) is 57.8 Å². The maximum Gasteiger partial charge on any atom is 0.256 e. The van der Waals surface area contributed by atoms with E-state index in [1.165, 1.54) is 12.1 Å². The van der Waals surface area contributed by atoms with Crippen molar-refractivity contribution >= 4 is 33.2 Å². The van der Waals surface area contributed by atoms with Gasteiger partial charge in [0.15, 0.2) is 0 Å². The second-order valence-corrected chi connectivity index (χ2v) is 5.07. The second-order valence-electron chi connectivity index (χ2n) is 4.15. The standard InChI is InChI=1S/C14H12BrFN2O/c1-8-2-4-10(17)7-11(8)14(19)18-13-5-3-9(15)6-12(13)16/h2-7H,17H2,1H3,(H,18,19). The van der Waals surface area contributed by atoms with Crippen molar-refractivity contribution in [2.24, 2.45) is 0 Å². The van der Waals surface area contributed by atoms with Crippen LogP contribution in [0.25, 0.3) is 0 Å². The highest BCUT2D eigenvalue weighted by Gasteiger charge is 2.12. The van der Waals surface area contributed by atoms with Gasteiger partial charge in [-0.25, -0.2) is 4.39 Å². The van der Waals surface area contributed by atoms with Crippen LogP contribution in [0.3, 0.4) is 0 Å². The van der Waals surface area contributed by atoms with Gasteiger partial charge in [-0.1, -0.05) is 22.0 Å². The predicted octanol–water partition coefficient (Wildman–Crippen LogP) is 3.73. The van der Waals surface area contributed by atoms with E-state index in [0.29, 0.717) is 15.7 Å². The van der Waals surface area contributed by atoms with E-state index in [2.05, 4.69) is 21.2 Å². The molecule has 5 heteroatoms. The maximum atomic E-state index is 13.6. The van der Waals surface area contributed by atoms with Crippen LogP contribution in [0.15, 0.2) is 40.9 Å². The van der Waals surface area contributed by atoms with Crippen LogP contribution in [0.2, 0.25) is 0 Å². The third-order valence-corrected chi connectivity index (χ3v) is 3.18. The van der Waals surface area contributed by atoms with E-state index in [4.69, 9.17) is 5.73 Å². The molecule has 0 aliphatic rings. The summed E-state index contributed by atoms with van der Waals surface area (Å²) in [5.74, 6) is -0.879. The maximum absolute atomic E-state index is 13.6. The zero-order chi connectivity index (χ0) is 14.0. The van der Waals surface area contributed by atoms with Gasteiger partial charge in [0.25, 0.3) is 5.91 Å². The molecule has 0 aliphatic carbocycles.